The maximum absolute atomic E-state index is 11.5. The maximum Gasteiger partial charge on any atom is 0.410 e. The zero-order valence-electron chi connectivity index (χ0n) is 8.45. The summed E-state index contributed by atoms with van der Waals surface area (Å²) in [5, 5.41) is 0. The van der Waals surface area contributed by atoms with Gasteiger partial charge in [-0.25, -0.2) is 4.79 Å². The van der Waals surface area contributed by atoms with E-state index in [0.29, 0.717) is 6.04 Å². The zero-order chi connectivity index (χ0) is 9.84. The summed E-state index contributed by atoms with van der Waals surface area (Å²) in [6.45, 7) is 6.63. The molecule has 1 saturated heterocycles. The summed E-state index contributed by atoms with van der Waals surface area (Å²) < 4.78 is 5.14. The highest BCUT2D eigenvalue weighted by Crippen LogP contribution is 2.17. The number of hydrogen-bond acceptors (Lipinski definition) is 3. The highest BCUT2D eigenvalue weighted by molar-refractivity contribution is 7.99. The number of hydrogen-bond donors (Lipinski definition) is 0. The van der Waals surface area contributed by atoms with Crippen LogP contribution in [0.1, 0.15) is 20.8 Å². The Hall–Kier alpha value is -0.380. The van der Waals surface area contributed by atoms with Crippen molar-refractivity contribution in [1.29, 1.82) is 0 Å². The summed E-state index contributed by atoms with van der Waals surface area (Å²) in [6.07, 6.45) is -0.183. The Balaban J connectivity index is 2.44. The van der Waals surface area contributed by atoms with E-state index in [4.69, 9.17) is 4.74 Å². The summed E-state index contributed by atoms with van der Waals surface area (Å²) in [6, 6.07) is 0.310. The van der Waals surface area contributed by atoms with Crippen molar-refractivity contribution < 1.29 is 9.53 Å². The van der Waals surface area contributed by atoms with Crippen molar-refractivity contribution in [3.8, 4) is 0 Å². The van der Waals surface area contributed by atoms with E-state index in [2.05, 4.69) is 6.92 Å². The monoisotopic (exact) mass is 203 g/mol. The second-order valence-electron chi connectivity index (χ2n) is 3.55. The number of thioether (sulfide) groups is 1. The minimum absolute atomic E-state index is 0.0192. The molecular formula is C9H17NO2S. The lowest BCUT2D eigenvalue weighted by molar-refractivity contribution is 0.0696. The minimum Gasteiger partial charge on any atom is -0.447 e. The second kappa shape index (κ2) is 4.74. The van der Waals surface area contributed by atoms with Crippen molar-refractivity contribution in [3.05, 3.63) is 0 Å². The molecule has 1 aliphatic heterocycles. The zero-order valence-corrected chi connectivity index (χ0v) is 9.26. The largest absolute Gasteiger partial charge is 0.447 e. The van der Waals surface area contributed by atoms with Gasteiger partial charge in [0, 0.05) is 24.1 Å². The van der Waals surface area contributed by atoms with E-state index in [9.17, 15) is 4.79 Å². The van der Waals surface area contributed by atoms with Gasteiger partial charge < -0.3 is 9.64 Å². The number of rotatable bonds is 1. The molecule has 1 unspecified atom stereocenters. The van der Waals surface area contributed by atoms with Gasteiger partial charge in [0.1, 0.15) is 0 Å². The molecule has 1 fully saturated rings. The Morgan fingerprint density at radius 2 is 2.31 bits per heavy atom. The highest BCUT2D eigenvalue weighted by Gasteiger charge is 2.24. The third-order valence-corrected chi connectivity index (χ3v) is 3.13. The summed E-state index contributed by atoms with van der Waals surface area (Å²) >= 11 is 1.89. The molecule has 76 valence electrons. The Bertz CT molecular complexity index is 184. The first-order valence-corrected chi connectivity index (χ1v) is 5.81. The summed E-state index contributed by atoms with van der Waals surface area (Å²) in [4.78, 5) is 13.3. The van der Waals surface area contributed by atoms with Gasteiger partial charge in [0.05, 0.1) is 6.10 Å². The number of carbonyl (C=O) groups excluding carboxylic acids is 1. The Labute approximate surface area is 83.8 Å². The van der Waals surface area contributed by atoms with Gasteiger partial charge in [-0.3, -0.25) is 0 Å². The average molecular weight is 203 g/mol. The fourth-order valence-electron chi connectivity index (χ4n) is 1.27. The second-order valence-corrected chi connectivity index (χ2v) is 4.70. The van der Waals surface area contributed by atoms with E-state index in [0.717, 1.165) is 18.1 Å². The van der Waals surface area contributed by atoms with Crippen molar-refractivity contribution in [2.24, 2.45) is 0 Å². The molecule has 0 radical (unpaired) electrons. The molecule has 0 N–H and O–H groups in total. The van der Waals surface area contributed by atoms with E-state index in [1.165, 1.54) is 0 Å². The third kappa shape index (κ3) is 3.10. The molecule has 1 heterocycles. The molecular weight excluding hydrogens is 186 g/mol. The van der Waals surface area contributed by atoms with Crippen molar-refractivity contribution in [2.45, 2.75) is 32.9 Å². The molecule has 3 nitrogen and oxygen atoms in total. The number of ether oxygens (including phenoxy) is 1. The van der Waals surface area contributed by atoms with E-state index in [1.54, 1.807) is 0 Å². The number of carbonyl (C=O) groups is 1. The molecule has 0 aliphatic carbocycles. The third-order valence-electron chi connectivity index (χ3n) is 1.94. The molecule has 0 saturated carbocycles. The molecule has 0 aromatic heterocycles. The Morgan fingerprint density at radius 1 is 1.62 bits per heavy atom. The predicted octanol–water partition coefficient (Wildman–Crippen LogP) is 1.97. The fraction of sp³-hybridized carbons (Fsp3) is 0.889. The van der Waals surface area contributed by atoms with Crippen LogP contribution in [0.2, 0.25) is 0 Å². The molecule has 0 aromatic carbocycles. The summed E-state index contributed by atoms with van der Waals surface area (Å²) in [5.41, 5.74) is 0. The van der Waals surface area contributed by atoms with Crippen LogP contribution in [0.25, 0.3) is 0 Å². The Morgan fingerprint density at radius 3 is 2.85 bits per heavy atom. The lowest BCUT2D eigenvalue weighted by atomic mass is 10.3. The quantitative estimate of drug-likeness (QED) is 0.652. The van der Waals surface area contributed by atoms with E-state index < -0.39 is 0 Å². The van der Waals surface area contributed by atoms with Crippen LogP contribution >= 0.6 is 11.8 Å². The summed E-state index contributed by atoms with van der Waals surface area (Å²) in [5.74, 6) is 2.05. The molecule has 4 heteroatoms. The lowest BCUT2D eigenvalue weighted by Crippen LogP contribution is -2.45. The highest BCUT2D eigenvalue weighted by atomic mass is 32.2. The van der Waals surface area contributed by atoms with Gasteiger partial charge in [-0.15, -0.1) is 0 Å². The van der Waals surface area contributed by atoms with Gasteiger partial charge in [-0.05, 0) is 20.8 Å². The first kappa shape index (κ1) is 10.7. The van der Waals surface area contributed by atoms with E-state index in [-0.39, 0.29) is 12.2 Å². The average Bonchev–Trinajstić information content (AvgIpc) is 2.03. The molecule has 13 heavy (non-hydrogen) atoms. The molecule has 1 amide bonds. The minimum atomic E-state index is -0.164. The normalized spacial score (nSPS) is 23.4. The maximum atomic E-state index is 11.5. The van der Waals surface area contributed by atoms with Crippen molar-refractivity contribution in [1.82, 2.24) is 4.90 Å². The first-order chi connectivity index (χ1) is 6.11. The van der Waals surface area contributed by atoms with Gasteiger partial charge in [0.2, 0.25) is 0 Å². The van der Waals surface area contributed by atoms with Gasteiger partial charge in [0.15, 0.2) is 0 Å². The molecule has 0 bridgehead atoms. The lowest BCUT2D eigenvalue weighted by Gasteiger charge is -2.32. The fourth-order valence-corrected chi connectivity index (χ4v) is 2.28. The van der Waals surface area contributed by atoms with Crippen LogP contribution in [-0.4, -0.2) is 41.2 Å². The van der Waals surface area contributed by atoms with Crippen LogP contribution in [0.3, 0.4) is 0 Å². The standard InChI is InChI=1S/C9H17NO2S/c1-7(2)12-9(11)10-4-5-13-6-8(10)3/h7-8H,4-6H2,1-3H3. The molecule has 1 aliphatic rings. The van der Waals surface area contributed by atoms with Crippen molar-refractivity contribution >= 4 is 17.9 Å². The van der Waals surface area contributed by atoms with Crippen molar-refractivity contribution in [3.63, 3.8) is 0 Å². The summed E-state index contributed by atoms with van der Waals surface area (Å²) in [7, 11) is 0. The topological polar surface area (TPSA) is 29.5 Å². The predicted molar refractivity (Wildman–Crippen MR) is 55.1 cm³/mol. The molecule has 1 atom stereocenters. The first-order valence-electron chi connectivity index (χ1n) is 4.66. The SMILES string of the molecule is CC(C)OC(=O)N1CCSCC1C. The smallest absolute Gasteiger partial charge is 0.410 e. The van der Waals surface area contributed by atoms with Crippen LogP contribution < -0.4 is 0 Å². The van der Waals surface area contributed by atoms with E-state index in [1.807, 2.05) is 30.5 Å². The van der Waals surface area contributed by atoms with Crippen LogP contribution in [0.15, 0.2) is 0 Å². The van der Waals surface area contributed by atoms with Gasteiger partial charge in [0.25, 0.3) is 0 Å². The van der Waals surface area contributed by atoms with E-state index >= 15 is 0 Å². The van der Waals surface area contributed by atoms with Crippen LogP contribution in [0, 0.1) is 0 Å². The molecule has 1 rings (SSSR count). The van der Waals surface area contributed by atoms with Gasteiger partial charge in [-0.1, -0.05) is 0 Å². The van der Waals surface area contributed by atoms with Gasteiger partial charge in [-0.2, -0.15) is 11.8 Å². The van der Waals surface area contributed by atoms with Crippen molar-refractivity contribution in [2.75, 3.05) is 18.1 Å². The number of amides is 1. The molecule has 0 spiro atoms. The van der Waals surface area contributed by atoms with Crippen LogP contribution in [0.4, 0.5) is 4.79 Å². The van der Waals surface area contributed by atoms with Crippen LogP contribution in [0.5, 0.6) is 0 Å². The van der Waals surface area contributed by atoms with Gasteiger partial charge >= 0.3 is 6.09 Å². The van der Waals surface area contributed by atoms with Crippen LogP contribution in [-0.2, 0) is 4.74 Å². The number of nitrogens with zero attached hydrogens (tertiary/aromatic N) is 1. The molecule has 0 aromatic rings. The Kier molecular flexibility index (Phi) is 3.90.